The number of nitrogens with zero attached hydrogens (tertiary/aromatic N) is 3. The smallest absolute Gasteiger partial charge is 0.260 e. The summed E-state index contributed by atoms with van der Waals surface area (Å²) in [6.07, 6.45) is 3.27. The van der Waals surface area contributed by atoms with Crippen LogP contribution in [-0.4, -0.2) is 46.8 Å². The molecule has 0 spiro atoms. The quantitative estimate of drug-likeness (QED) is 0.490. The summed E-state index contributed by atoms with van der Waals surface area (Å²) in [7, 11) is 0. The lowest BCUT2D eigenvalue weighted by Gasteiger charge is -2.32. The summed E-state index contributed by atoms with van der Waals surface area (Å²) < 4.78 is 11.9. The van der Waals surface area contributed by atoms with Crippen molar-refractivity contribution in [2.45, 2.75) is 18.9 Å². The van der Waals surface area contributed by atoms with E-state index in [0.717, 1.165) is 34.4 Å². The first-order valence-corrected chi connectivity index (χ1v) is 10.5. The van der Waals surface area contributed by atoms with Crippen LogP contribution in [0.3, 0.4) is 0 Å². The second-order valence-electron chi connectivity index (χ2n) is 7.73. The normalized spacial score (nSPS) is 14.6. The molecule has 6 heteroatoms. The van der Waals surface area contributed by atoms with Gasteiger partial charge in [0, 0.05) is 36.7 Å². The standard InChI is InChI=1S/C25H23N3O3/c29-24(17-30-22-10-9-18-5-1-2-6-19(18)15-22)28-13-11-21(12-14-28)31-25-23-8-4-3-7-20(23)16-26-27-25/h1-10,15-16,21H,11-14,17H2. The van der Waals surface area contributed by atoms with Gasteiger partial charge in [-0.25, -0.2) is 0 Å². The maximum absolute atomic E-state index is 12.6. The summed E-state index contributed by atoms with van der Waals surface area (Å²) in [5.74, 6) is 1.26. The van der Waals surface area contributed by atoms with E-state index in [0.29, 0.717) is 24.7 Å². The zero-order valence-electron chi connectivity index (χ0n) is 17.1. The molecule has 156 valence electrons. The molecule has 4 aromatic rings. The van der Waals surface area contributed by atoms with Crippen molar-refractivity contribution in [1.29, 1.82) is 0 Å². The van der Waals surface area contributed by atoms with Crippen molar-refractivity contribution >= 4 is 27.5 Å². The van der Waals surface area contributed by atoms with Gasteiger partial charge < -0.3 is 14.4 Å². The third-order valence-electron chi connectivity index (χ3n) is 5.69. The van der Waals surface area contributed by atoms with E-state index in [9.17, 15) is 4.79 Å². The van der Waals surface area contributed by atoms with Crippen LogP contribution < -0.4 is 9.47 Å². The number of benzene rings is 3. The molecule has 1 aliphatic rings. The Bertz CT molecular complexity index is 1210. The Kier molecular flexibility index (Phi) is 5.35. The first-order chi connectivity index (χ1) is 15.3. The molecule has 1 saturated heterocycles. The molecule has 0 unspecified atom stereocenters. The van der Waals surface area contributed by atoms with Crippen LogP contribution in [0.15, 0.2) is 72.9 Å². The van der Waals surface area contributed by atoms with E-state index >= 15 is 0 Å². The lowest BCUT2D eigenvalue weighted by Crippen LogP contribution is -2.43. The average Bonchev–Trinajstić information content (AvgIpc) is 2.83. The zero-order chi connectivity index (χ0) is 21.0. The Balaban J connectivity index is 1.15. The predicted octanol–water partition coefficient (Wildman–Crippen LogP) is 4.23. The third-order valence-corrected chi connectivity index (χ3v) is 5.69. The molecule has 5 rings (SSSR count). The van der Waals surface area contributed by atoms with Gasteiger partial charge in [-0.2, -0.15) is 5.10 Å². The third kappa shape index (κ3) is 4.28. The second kappa shape index (κ2) is 8.60. The van der Waals surface area contributed by atoms with E-state index in [1.54, 1.807) is 6.20 Å². The number of rotatable bonds is 5. The van der Waals surface area contributed by atoms with Crippen LogP contribution in [0.25, 0.3) is 21.5 Å². The lowest BCUT2D eigenvalue weighted by atomic mass is 10.1. The second-order valence-corrected chi connectivity index (χ2v) is 7.73. The number of carbonyl (C=O) groups excluding carboxylic acids is 1. The van der Waals surface area contributed by atoms with Gasteiger partial charge in [0.15, 0.2) is 6.61 Å². The topological polar surface area (TPSA) is 64.5 Å². The summed E-state index contributed by atoms with van der Waals surface area (Å²) in [4.78, 5) is 14.5. The van der Waals surface area contributed by atoms with Gasteiger partial charge in [0.2, 0.25) is 5.88 Å². The molecule has 2 heterocycles. The number of ether oxygens (including phenoxy) is 2. The van der Waals surface area contributed by atoms with Gasteiger partial charge in [-0.1, -0.05) is 48.5 Å². The fraction of sp³-hybridized carbons (Fsp3) is 0.240. The van der Waals surface area contributed by atoms with E-state index in [1.807, 2.05) is 65.6 Å². The van der Waals surface area contributed by atoms with Gasteiger partial charge >= 0.3 is 0 Å². The van der Waals surface area contributed by atoms with Crippen molar-refractivity contribution in [2.24, 2.45) is 0 Å². The molecule has 0 N–H and O–H groups in total. The number of hydrogen-bond acceptors (Lipinski definition) is 5. The molecule has 1 aromatic heterocycles. The van der Waals surface area contributed by atoms with Crippen molar-refractivity contribution in [3.05, 3.63) is 72.9 Å². The minimum absolute atomic E-state index is 0.00318. The average molecular weight is 413 g/mol. The Labute approximate surface area is 180 Å². The van der Waals surface area contributed by atoms with E-state index < -0.39 is 0 Å². The highest BCUT2D eigenvalue weighted by Crippen LogP contribution is 2.25. The van der Waals surface area contributed by atoms with Crippen molar-refractivity contribution < 1.29 is 14.3 Å². The molecule has 1 amide bonds. The van der Waals surface area contributed by atoms with E-state index in [4.69, 9.17) is 9.47 Å². The summed E-state index contributed by atoms with van der Waals surface area (Å²) in [6.45, 7) is 1.32. The van der Waals surface area contributed by atoms with Crippen molar-refractivity contribution in [3.63, 3.8) is 0 Å². The molecule has 1 fully saturated rings. The van der Waals surface area contributed by atoms with Crippen LogP contribution in [0.5, 0.6) is 11.6 Å². The molecule has 0 saturated carbocycles. The summed E-state index contributed by atoms with van der Waals surface area (Å²) in [6, 6.07) is 21.9. The Morgan fingerprint density at radius 1 is 0.935 bits per heavy atom. The Morgan fingerprint density at radius 2 is 1.68 bits per heavy atom. The van der Waals surface area contributed by atoms with Gasteiger partial charge in [-0.15, -0.1) is 5.10 Å². The number of aromatic nitrogens is 2. The molecule has 0 atom stereocenters. The molecule has 0 bridgehead atoms. The van der Waals surface area contributed by atoms with E-state index in [1.165, 1.54) is 0 Å². The number of piperidine rings is 1. The molecule has 31 heavy (non-hydrogen) atoms. The van der Waals surface area contributed by atoms with Gasteiger partial charge in [0.1, 0.15) is 11.9 Å². The fourth-order valence-electron chi connectivity index (χ4n) is 3.96. The largest absolute Gasteiger partial charge is 0.484 e. The number of amides is 1. The number of likely N-dealkylation sites (tertiary alicyclic amines) is 1. The Morgan fingerprint density at radius 3 is 2.52 bits per heavy atom. The summed E-state index contributed by atoms with van der Waals surface area (Å²) in [5, 5.41) is 12.4. The van der Waals surface area contributed by atoms with Crippen LogP contribution in [0.1, 0.15) is 12.8 Å². The monoisotopic (exact) mass is 413 g/mol. The SMILES string of the molecule is O=C(COc1ccc2ccccc2c1)N1CCC(Oc2nncc3ccccc23)CC1. The van der Waals surface area contributed by atoms with Gasteiger partial charge in [0.25, 0.3) is 5.91 Å². The highest BCUT2D eigenvalue weighted by atomic mass is 16.5. The van der Waals surface area contributed by atoms with Crippen molar-refractivity contribution in [1.82, 2.24) is 15.1 Å². The minimum atomic E-state index is -0.00318. The van der Waals surface area contributed by atoms with Crippen molar-refractivity contribution in [3.8, 4) is 11.6 Å². The first kappa shape index (κ1) is 19.3. The van der Waals surface area contributed by atoms with Gasteiger partial charge in [-0.3, -0.25) is 4.79 Å². The molecule has 0 radical (unpaired) electrons. The van der Waals surface area contributed by atoms with Crippen molar-refractivity contribution in [2.75, 3.05) is 19.7 Å². The lowest BCUT2D eigenvalue weighted by molar-refractivity contribution is -0.135. The van der Waals surface area contributed by atoms with Gasteiger partial charge in [-0.05, 0) is 29.0 Å². The number of fused-ring (bicyclic) bond motifs is 2. The Hall–Kier alpha value is -3.67. The van der Waals surface area contributed by atoms with E-state index in [-0.39, 0.29) is 18.6 Å². The van der Waals surface area contributed by atoms with Crippen LogP contribution in [0.4, 0.5) is 0 Å². The van der Waals surface area contributed by atoms with Crippen LogP contribution >= 0.6 is 0 Å². The predicted molar refractivity (Wildman–Crippen MR) is 119 cm³/mol. The highest BCUT2D eigenvalue weighted by molar-refractivity contribution is 5.86. The number of carbonyl (C=O) groups is 1. The highest BCUT2D eigenvalue weighted by Gasteiger charge is 2.25. The van der Waals surface area contributed by atoms with Crippen LogP contribution in [0.2, 0.25) is 0 Å². The summed E-state index contributed by atoms with van der Waals surface area (Å²) >= 11 is 0. The van der Waals surface area contributed by atoms with Gasteiger partial charge in [0.05, 0.1) is 6.20 Å². The number of hydrogen-bond donors (Lipinski definition) is 0. The molecular weight excluding hydrogens is 390 g/mol. The van der Waals surface area contributed by atoms with E-state index in [2.05, 4.69) is 16.3 Å². The molecule has 6 nitrogen and oxygen atoms in total. The minimum Gasteiger partial charge on any atom is -0.484 e. The first-order valence-electron chi connectivity index (χ1n) is 10.5. The maximum Gasteiger partial charge on any atom is 0.260 e. The molecular formula is C25H23N3O3. The van der Waals surface area contributed by atoms with Crippen LogP contribution in [-0.2, 0) is 4.79 Å². The fourth-order valence-corrected chi connectivity index (χ4v) is 3.96. The molecule has 3 aromatic carbocycles. The zero-order valence-corrected chi connectivity index (χ0v) is 17.1. The maximum atomic E-state index is 12.6. The molecule has 0 aliphatic carbocycles. The molecule has 1 aliphatic heterocycles. The van der Waals surface area contributed by atoms with Crippen LogP contribution in [0, 0.1) is 0 Å². The summed E-state index contributed by atoms with van der Waals surface area (Å²) in [5.41, 5.74) is 0.